The maximum atomic E-state index is 13.2. The molecule has 2 aromatic rings. The third-order valence-electron chi connectivity index (χ3n) is 7.09. The van der Waals surface area contributed by atoms with Gasteiger partial charge in [-0.25, -0.2) is 4.79 Å². The third kappa shape index (κ3) is 2.85. The first-order valence-corrected chi connectivity index (χ1v) is 10.9. The fourth-order valence-electron chi connectivity index (χ4n) is 5.79. The van der Waals surface area contributed by atoms with E-state index < -0.39 is 34.8 Å². The van der Waals surface area contributed by atoms with Gasteiger partial charge in [0.1, 0.15) is 17.6 Å². The molecule has 0 saturated carbocycles. The number of benzene rings is 2. The van der Waals surface area contributed by atoms with Gasteiger partial charge < -0.3 is 18.9 Å². The highest BCUT2D eigenvalue weighted by Crippen LogP contribution is 2.69. The predicted octanol–water partition coefficient (Wildman–Crippen LogP) is 2.86. The van der Waals surface area contributed by atoms with Gasteiger partial charge in [-0.3, -0.25) is 9.59 Å². The van der Waals surface area contributed by atoms with Crippen molar-refractivity contribution in [3.8, 4) is 0 Å². The van der Waals surface area contributed by atoms with Crippen LogP contribution in [0.15, 0.2) is 61.2 Å². The molecule has 33 heavy (non-hydrogen) atoms. The number of hydrogen-bond acceptors (Lipinski definition) is 7. The quantitative estimate of drug-likeness (QED) is 0.266. The van der Waals surface area contributed by atoms with Crippen LogP contribution in [0.4, 0.5) is 0 Å². The molecule has 0 radical (unpaired) electrons. The van der Waals surface area contributed by atoms with Crippen LogP contribution in [0.2, 0.25) is 0 Å². The SMILES string of the molecule is C=CC(=O)OCCOCCOC12c3ccccc3C(c3ccccc31)C1C(=O)OC(=O)C12C. The standard InChI is InChI=1S/C26H24O7/c1-3-20(27)31-14-12-30-13-15-32-26-18-10-6-4-8-16(18)21(17-9-5-7-11-19(17)26)22-23(28)33-24(29)25(22,26)2/h3-11,21-22H,1,12-15H2,2H3. The summed E-state index contributed by atoms with van der Waals surface area (Å²) in [5.41, 5.74) is 1.29. The van der Waals surface area contributed by atoms with E-state index in [1.165, 1.54) is 0 Å². The molecule has 7 nitrogen and oxygen atoms in total. The van der Waals surface area contributed by atoms with Gasteiger partial charge >= 0.3 is 17.9 Å². The minimum atomic E-state index is -1.21. The Kier molecular flexibility index (Phi) is 5.18. The van der Waals surface area contributed by atoms with E-state index in [1.807, 2.05) is 48.5 Å². The number of hydrogen-bond donors (Lipinski definition) is 0. The Morgan fingerprint density at radius 2 is 1.61 bits per heavy atom. The van der Waals surface area contributed by atoms with E-state index in [4.69, 9.17) is 18.9 Å². The first-order valence-electron chi connectivity index (χ1n) is 10.9. The Balaban J connectivity index is 1.50. The van der Waals surface area contributed by atoms with Gasteiger partial charge in [0.2, 0.25) is 0 Å². The second-order valence-corrected chi connectivity index (χ2v) is 8.55. The molecule has 1 saturated heterocycles. The van der Waals surface area contributed by atoms with Crippen molar-refractivity contribution in [2.24, 2.45) is 11.3 Å². The summed E-state index contributed by atoms with van der Waals surface area (Å²) in [6.07, 6.45) is 1.09. The lowest BCUT2D eigenvalue weighted by Gasteiger charge is -2.57. The average molecular weight is 448 g/mol. The van der Waals surface area contributed by atoms with Gasteiger partial charge in [-0.2, -0.15) is 0 Å². The molecular formula is C26H24O7. The van der Waals surface area contributed by atoms with E-state index in [-0.39, 0.29) is 32.3 Å². The Morgan fingerprint density at radius 1 is 1.00 bits per heavy atom. The van der Waals surface area contributed by atoms with Crippen LogP contribution in [0.5, 0.6) is 0 Å². The fraction of sp³-hybridized carbons (Fsp3) is 0.346. The van der Waals surface area contributed by atoms with Crippen molar-refractivity contribution < 1.29 is 33.3 Å². The summed E-state index contributed by atoms with van der Waals surface area (Å²) in [4.78, 5) is 37.3. The third-order valence-corrected chi connectivity index (χ3v) is 7.09. The summed E-state index contributed by atoms with van der Waals surface area (Å²) in [5.74, 6) is -2.53. The summed E-state index contributed by atoms with van der Waals surface area (Å²) in [7, 11) is 0. The maximum Gasteiger partial charge on any atom is 0.330 e. The molecule has 170 valence electrons. The van der Waals surface area contributed by atoms with Crippen molar-refractivity contribution in [1.82, 2.24) is 0 Å². The molecule has 2 unspecified atom stereocenters. The Labute approximate surface area is 191 Å². The number of rotatable bonds is 8. The van der Waals surface area contributed by atoms with Crippen molar-refractivity contribution in [3.63, 3.8) is 0 Å². The topological polar surface area (TPSA) is 88.1 Å². The molecule has 1 heterocycles. The highest BCUT2D eigenvalue weighted by Gasteiger charge is 2.75. The predicted molar refractivity (Wildman–Crippen MR) is 116 cm³/mol. The monoisotopic (exact) mass is 448 g/mol. The lowest BCUT2D eigenvalue weighted by molar-refractivity contribution is -0.176. The van der Waals surface area contributed by atoms with Crippen LogP contribution in [0.3, 0.4) is 0 Å². The molecule has 3 aliphatic carbocycles. The van der Waals surface area contributed by atoms with Crippen LogP contribution in [-0.2, 0) is 38.9 Å². The summed E-state index contributed by atoms with van der Waals surface area (Å²) in [6.45, 7) is 5.80. The molecule has 0 N–H and O–H groups in total. The van der Waals surface area contributed by atoms with Crippen molar-refractivity contribution in [1.29, 1.82) is 0 Å². The summed E-state index contributed by atoms with van der Waals surface area (Å²) in [6, 6.07) is 15.6. The highest BCUT2D eigenvalue weighted by atomic mass is 16.6. The molecule has 0 amide bonds. The van der Waals surface area contributed by atoms with Gasteiger partial charge in [0.15, 0.2) is 0 Å². The maximum absolute atomic E-state index is 13.2. The van der Waals surface area contributed by atoms with Gasteiger partial charge in [0, 0.05) is 12.0 Å². The molecule has 0 spiro atoms. The first kappa shape index (κ1) is 21.6. The van der Waals surface area contributed by atoms with Gasteiger partial charge in [-0.05, 0) is 29.2 Å². The van der Waals surface area contributed by atoms with Gasteiger partial charge in [0.05, 0.1) is 25.7 Å². The zero-order chi connectivity index (χ0) is 23.2. The molecule has 2 bridgehead atoms. The van der Waals surface area contributed by atoms with Gasteiger partial charge in [-0.15, -0.1) is 0 Å². The van der Waals surface area contributed by atoms with Crippen LogP contribution in [0.25, 0.3) is 0 Å². The minimum Gasteiger partial charge on any atom is -0.460 e. The summed E-state index contributed by atoms with van der Waals surface area (Å²) in [5, 5.41) is 0. The zero-order valence-corrected chi connectivity index (χ0v) is 18.2. The van der Waals surface area contributed by atoms with Crippen LogP contribution in [0, 0.1) is 11.3 Å². The molecule has 7 heteroatoms. The number of carbonyl (C=O) groups excluding carboxylic acids is 3. The lowest BCUT2D eigenvalue weighted by Crippen LogP contribution is -2.61. The molecule has 1 aliphatic heterocycles. The van der Waals surface area contributed by atoms with Gasteiger partial charge in [-0.1, -0.05) is 55.1 Å². The van der Waals surface area contributed by atoms with E-state index >= 15 is 0 Å². The summed E-state index contributed by atoms with van der Waals surface area (Å²) < 4.78 is 22.3. The van der Waals surface area contributed by atoms with Crippen LogP contribution in [0.1, 0.15) is 35.1 Å². The largest absolute Gasteiger partial charge is 0.460 e. The van der Waals surface area contributed by atoms with Crippen molar-refractivity contribution >= 4 is 17.9 Å². The number of ether oxygens (including phenoxy) is 4. The van der Waals surface area contributed by atoms with E-state index in [2.05, 4.69) is 6.58 Å². The van der Waals surface area contributed by atoms with Crippen LogP contribution >= 0.6 is 0 Å². The van der Waals surface area contributed by atoms with Crippen LogP contribution in [-0.4, -0.2) is 44.3 Å². The Morgan fingerprint density at radius 3 is 2.24 bits per heavy atom. The summed E-state index contributed by atoms with van der Waals surface area (Å²) >= 11 is 0. The van der Waals surface area contributed by atoms with E-state index in [9.17, 15) is 14.4 Å². The molecule has 2 atom stereocenters. The second kappa shape index (κ2) is 7.93. The molecule has 0 aromatic heterocycles. The molecule has 1 fully saturated rings. The minimum absolute atomic E-state index is 0.101. The smallest absolute Gasteiger partial charge is 0.330 e. The molecule has 4 aliphatic rings. The zero-order valence-electron chi connectivity index (χ0n) is 18.2. The van der Waals surface area contributed by atoms with Gasteiger partial charge in [0.25, 0.3) is 0 Å². The Hall–Kier alpha value is -3.29. The number of esters is 3. The first-order chi connectivity index (χ1) is 16.0. The van der Waals surface area contributed by atoms with Crippen molar-refractivity contribution in [3.05, 3.63) is 83.4 Å². The molecule has 6 rings (SSSR count). The van der Waals surface area contributed by atoms with Crippen molar-refractivity contribution in [2.75, 3.05) is 26.4 Å². The van der Waals surface area contributed by atoms with E-state index in [1.54, 1.807) is 6.92 Å². The molecular weight excluding hydrogens is 424 g/mol. The fourth-order valence-corrected chi connectivity index (χ4v) is 5.79. The van der Waals surface area contributed by atoms with E-state index in [0.717, 1.165) is 28.3 Å². The Bertz CT molecular complexity index is 1110. The number of carbonyl (C=O) groups is 3. The molecule has 2 aromatic carbocycles. The van der Waals surface area contributed by atoms with Crippen molar-refractivity contribution in [2.45, 2.75) is 18.4 Å². The van der Waals surface area contributed by atoms with E-state index in [0.29, 0.717) is 0 Å². The average Bonchev–Trinajstić information content (AvgIpc) is 3.07. The highest BCUT2D eigenvalue weighted by molar-refractivity contribution is 6.03. The lowest BCUT2D eigenvalue weighted by atomic mass is 9.46. The van der Waals surface area contributed by atoms with Crippen LogP contribution < -0.4 is 0 Å². The normalized spacial score (nSPS) is 28.5. The second-order valence-electron chi connectivity index (χ2n) is 8.55. The number of cyclic esters (lactones) is 2.